The van der Waals surface area contributed by atoms with Crippen LogP contribution in [0.15, 0.2) is 24.3 Å². The van der Waals surface area contributed by atoms with E-state index in [0.29, 0.717) is 6.42 Å². The Morgan fingerprint density at radius 1 is 1.40 bits per heavy atom. The molecule has 1 aromatic heterocycles. The second kappa shape index (κ2) is 6.39. The van der Waals surface area contributed by atoms with Crippen molar-refractivity contribution in [1.29, 1.82) is 0 Å². The SMILES string of the molecule is CCc1nn(C)c(CC(NN)c2ccccc2C)c1Cl. The van der Waals surface area contributed by atoms with Crippen molar-refractivity contribution in [1.82, 2.24) is 15.2 Å². The molecule has 2 rings (SSSR count). The molecule has 0 aliphatic rings. The van der Waals surface area contributed by atoms with E-state index in [1.165, 1.54) is 11.1 Å². The summed E-state index contributed by atoms with van der Waals surface area (Å²) in [6, 6.07) is 8.24. The number of aryl methyl sites for hydroxylation is 3. The van der Waals surface area contributed by atoms with Gasteiger partial charge in [0.05, 0.1) is 22.5 Å². The average molecular weight is 293 g/mol. The summed E-state index contributed by atoms with van der Waals surface area (Å²) in [5.41, 5.74) is 7.23. The molecular weight excluding hydrogens is 272 g/mol. The van der Waals surface area contributed by atoms with Gasteiger partial charge < -0.3 is 0 Å². The Morgan fingerprint density at radius 2 is 2.10 bits per heavy atom. The lowest BCUT2D eigenvalue weighted by Gasteiger charge is -2.18. The molecule has 0 spiro atoms. The Kier molecular flexibility index (Phi) is 4.81. The van der Waals surface area contributed by atoms with Crippen LogP contribution in [0.1, 0.15) is 35.5 Å². The summed E-state index contributed by atoms with van der Waals surface area (Å²) >= 11 is 6.41. The highest BCUT2D eigenvalue weighted by atomic mass is 35.5. The molecule has 0 saturated heterocycles. The van der Waals surface area contributed by atoms with Gasteiger partial charge in [-0.05, 0) is 24.5 Å². The predicted molar refractivity (Wildman–Crippen MR) is 82.5 cm³/mol. The van der Waals surface area contributed by atoms with E-state index in [4.69, 9.17) is 17.4 Å². The van der Waals surface area contributed by atoms with Gasteiger partial charge in [-0.15, -0.1) is 0 Å². The number of halogens is 1. The van der Waals surface area contributed by atoms with Crippen molar-refractivity contribution in [3.8, 4) is 0 Å². The lowest BCUT2D eigenvalue weighted by atomic mass is 9.98. The van der Waals surface area contributed by atoms with Gasteiger partial charge in [0.15, 0.2) is 0 Å². The Balaban J connectivity index is 2.32. The van der Waals surface area contributed by atoms with Gasteiger partial charge in [-0.1, -0.05) is 42.8 Å². The molecule has 4 nitrogen and oxygen atoms in total. The van der Waals surface area contributed by atoms with Crippen LogP contribution in [-0.2, 0) is 19.9 Å². The molecule has 0 aliphatic heterocycles. The van der Waals surface area contributed by atoms with E-state index in [0.717, 1.165) is 22.8 Å². The van der Waals surface area contributed by atoms with E-state index in [9.17, 15) is 0 Å². The van der Waals surface area contributed by atoms with Crippen molar-refractivity contribution in [2.75, 3.05) is 0 Å². The van der Waals surface area contributed by atoms with Crippen LogP contribution in [0, 0.1) is 6.92 Å². The maximum Gasteiger partial charge on any atom is 0.0850 e. The minimum absolute atomic E-state index is 0.0220. The lowest BCUT2D eigenvalue weighted by Crippen LogP contribution is -2.30. The van der Waals surface area contributed by atoms with Gasteiger partial charge >= 0.3 is 0 Å². The molecule has 0 amide bonds. The van der Waals surface area contributed by atoms with E-state index in [1.807, 2.05) is 23.9 Å². The van der Waals surface area contributed by atoms with Gasteiger partial charge in [0.25, 0.3) is 0 Å². The number of aromatic nitrogens is 2. The molecule has 1 heterocycles. The van der Waals surface area contributed by atoms with Crippen LogP contribution < -0.4 is 11.3 Å². The molecule has 1 atom stereocenters. The first-order chi connectivity index (χ1) is 9.58. The standard InChI is InChI=1S/C15H21ClN4/c1-4-12-15(16)14(20(3)19-12)9-13(18-17)11-8-6-5-7-10(11)2/h5-8,13,18H,4,9,17H2,1-3H3. The van der Waals surface area contributed by atoms with Crippen molar-refractivity contribution >= 4 is 11.6 Å². The van der Waals surface area contributed by atoms with Gasteiger partial charge in [0.2, 0.25) is 0 Å². The molecular formula is C15H21ClN4. The largest absolute Gasteiger partial charge is 0.271 e. The summed E-state index contributed by atoms with van der Waals surface area (Å²) in [5, 5.41) is 5.20. The molecule has 1 aromatic carbocycles. The number of rotatable bonds is 5. The monoisotopic (exact) mass is 292 g/mol. The maximum absolute atomic E-state index is 6.41. The number of nitrogens with zero attached hydrogens (tertiary/aromatic N) is 2. The van der Waals surface area contributed by atoms with E-state index < -0.39 is 0 Å². The Hall–Kier alpha value is -1.36. The molecule has 0 saturated carbocycles. The topological polar surface area (TPSA) is 55.9 Å². The number of benzene rings is 1. The third kappa shape index (κ3) is 2.87. The minimum Gasteiger partial charge on any atom is -0.271 e. The van der Waals surface area contributed by atoms with Gasteiger partial charge in [-0.3, -0.25) is 16.0 Å². The first kappa shape index (κ1) is 15.0. The molecule has 0 aliphatic carbocycles. The summed E-state index contributed by atoms with van der Waals surface area (Å²) in [5.74, 6) is 5.74. The summed E-state index contributed by atoms with van der Waals surface area (Å²) in [6.07, 6.45) is 1.54. The summed E-state index contributed by atoms with van der Waals surface area (Å²) in [4.78, 5) is 0. The first-order valence-corrected chi connectivity index (χ1v) is 7.18. The van der Waals surface area contributed by atoms with E-state index >= 15 is 0 Å². The molecule has 20 heavy (non-hydrogen) atoms. The molecule has 2 aromatic rings. The normalized spacial score (nSPS) is 12.7. The van der Waals surface area contributed by atoms with Crippen molar-refractivity contribution in [3.63, 3.8) is 0 Å². The predicted octanol–water partition coefficient (Wildman–Crippen LogP) is 2.69. The molecule has 5 heteroatoms. The lowest BCUT2D eigenvalue weighted by molar-refractivity contribution is 0.528. The highest BCUT2D eigenvalue weighted by molar-refractivity contribution is 6.31. The Morgan fingerprint density at radius 3 is 2.65 bits per heavy atom. The van der Waals surface area contributed by atoms with Crippen LogP contribution in [0.2, 0.25) is 5.02 Å². The zero-order valence-electron chi connectivity index (χ0n) is 12.2. The number of hydrazine groups is 1. The summed E-state index contributed by atoms with van der Waals surface area (Å²) < 4.78 is 1.85. The van der Waals surface area contributed by atoms with E-state index in [2.05, 4.69) is 36.5 Å². The number of nitrogens with two attached hydrogens (primary N) is 1. The van der Waals surface area contributed by atoms with E-state index in [-0.39, 0.29) is 6.04 Å². The average Bonchev–Trinajstić information content (AvgIpc) is 2.72. The Labute approximate surface area is 124 Å². The maximum atomic E-state index is 6.41. The third-order valence-corrected chi connectivity index (χ3v) is 4.10. The molecule has 108 valence electrons. The molecule has 0 fully saturated rings. The van der Waals surface area contributed by atoms with Crippen LogP contribution >= 0.6 is 11.6 Å². The molecule has 3 N–H and O–H groups in total. The van der Waals surface area contributed by atoms with Crippen LogP contribution in [0.4, 0.5) is 0 Å². The zero-order chi connectivity index (χ0) is 14.7. The van der Waals surface area contributed by atoms with Crippen molar-refractivity contribution in [2.45, 2.75) is 32.7 Å². The highest BCUT2D eigenvalue weighted by Crippen LogP contribution is 2.27. The van der Waals surface area contributed by atoms with Crippen LogP contribution in [0.5, 0.6) is 0 Å². The Bertz CT molecular complexity index is 592. The first-order valence-electron chi connectivity index (χ1n) is 6.80. The summed E-state index contributed by atoms with van der Waals surface area (Å²) in [7, 11) is 1.92. The van der Waals surface area contributed by atoms with Crippen molar-refractivity contribution in [2.24, 2.45) is 12.9 Å². The molecule has 1 unspecified atom stereocenters. The van der Waals surface area contributed by atoms with Crippen LogP contribution in [-0.4, -0.2) is 9.78 Å². The van der Waals surface area contributed by atoms with Crippen LogP contribution in [0.3, 0.4) is 0 Å². The highest BCUT2D eigenvalue weighted by Gasteiger charge is 2.19. The number of hydrogen-bond acceptors (Lipinski definition) is 3. The van der Waals surface area contributed by atoms with Crippen LogP contribution in [0.25, 0.3) is 0 Å². The molecule has 0 bridgehead atoms. The van der Waals surface area contributed by atoms with Gasteiger partial charge in [-0.25, -0.2) is 0 Å². The van der Waals surface area contributed by atoms with Gasteiger partial charge in [0.1, 0.15) is 0 Å². The third-order valence-electron chi connectivity index (χ3n) is 3.67. The quantitative estimate of drug-likeness (QED) is 0.658. The fourth-order valence-corrected chi connectivity index (χ4v) is 2.84. The molecule has 0 radical (unpaired) electrons. The smallest absolute Gasteiger partial charge is 0.0850 e. The minimum atomic E-state index is 0.0220. The van der Waals surface area contributed by atoms with Crippen molar-refractivity contribution < 1.29 is 0 Å². The summed E-state index contributed by atoms with van der Waals surface area (Å²) in [6.45, 7) is 4.14. The number of hydrogen-bond donors (Lipinski definition) is 2. The fraction of sp³-hybridized carbons (Fsp3) is 0.400. The zero-order valence-corrected chi connectivity index (χ0v) is 12.9. The number of nitrogens with one attached hydrogen (secondary N) is 1. The fourth-order valence-electron chi connectivity index (χ4n) is 2.47. The second-order valence-electron chi connectivity index (χ2n) is 4.96. The second-order valence-corrected chi connectivity index (χ2v) is 5.34. The van der Waals surface area contributed by atoms with E-state index in [1.54, 1.807) is 0 Å². The van der Waals surface area contributed by atoms with Gasteiger partial charge in [-0.2, -0.15) is 5.10 Å². The van der Waals surface area contributed by atoms with Gasteiger partial charge in [0, 0.05) is 13.5 Å². The van der Waals surface area contributed by atoms with Crippen molar-refractivity contribution in [3.05, 3.63) is 51.8 Å².